The highest BCUT2D eigenvalue weighted by Crippen LogP contribution is 2.06. The SMILES string of the molecule is CCOC(CCCNC(=O)Cc1cccc(C)c1)OCC. The average molecular weight is 293 g/mol. The van der Waals surface area contributed by atoms with Gasteiger partial charge in [-0.25, -0.2) is 0 Å². The molecule has 0 atom stereocenters. The molecule has 1 rings (SSSR count). The standard InChI is InChI=1S/C17H27NO3/c1-4-20-17(21-5-2)10-7-11-18-16(19)13-15-9-6-8-14(3)12-15/h6,8-9,12,17H,4-5,7,10-11,13H2,1-3H3,(H,18,19). The second kappa shape index (κ2) is 10.4. The van der Waals surface area contributed by atoms with Crippen LogP contribution in [0, 0.1) is 6.92 Å². The van der Waals surface area contributed by atoms with E-state index < -0.39 is 0 Å². The van der Waals surface area contributed by atoms with E-state index in [-0.39, 0.29) is 12.2 Å². The Kier molecular flexibility index (Phi) is 8.71. The summed E-state index contributed by atoms with van der Waals surface area (Å²) in [7, 11) is 0. The summed E-state index contributed by atoms with van der Waals surface area (Å²) >= 11 is 0. The van der Waals surface area contributed by atoms with Gasteiger partial charge in [-0.1, -0.05) is 29.8 Å². The van der Waals surface area contributed by atoms with Crippen LogP contribution in [0.5, 0.6) is 0 Å². The molecule has 4 nitrogen and oxygen atoms in total. The summed E-state index contributed by atoms with van der Waals surface area (Å²) in [5.74, 6) is 0.0602. The zero-order chi connectivity index (χ0) is 15.5. The van der Waals surface area contributed by atoms with E-state index in [0.717, 1.165) is 18.4 Å². The van der Waals surface area contributed by atoms with Crippen molar-refractivity contribution < 1.29 is 14.3 Å². The van der Waals surface area contributed by atoms with E-state index in [9.17, 15) is 4.79 Å². The molecule has 1 N–H and O–H groups in total. The number of carbonyl (C=O) groups is 1. The highest BCUT2D eigenvalue weighted by Gasteiger charge is 2.08. The van der Waals surface area contributed by atoms with Crippen LogP contribution in [0.3, 0.4) is 0 Å². The maximum atomic E-state index is 11.8. The molecule has 0 saturated heterocycles. The van der Waals surface area contributed by atoms with Crippen molar-refractivity contribution in [3.8, 4) is 0 Å². The Hall–Kier alpha value is -1.39. The minimum Gasteiger partial charge on any atom is -0.356 e. The molecule has 0 radical (unpaired) electrons. The van der Waals surface area contributed by atoms with E-state index in [4.69, 9.17) is 9.47 Å². The van der Waals surface area contributed by atoms with Gasteiger partial charge in [0.1, 0.15) is 0 Å². The van der Waals surface area contributed by atoms with Crippen molar-refractivity contribution in [1.29, 1.82) is 0 Å². The Labute approximate surface area is 127 Å². The van der Waals surface area contributed by atoms with Gasteiger partial charge >= 0.3 is 0 Å². The van der Waals surface area contributed by atoms with Crippen molar-refractivity contribution in [3.05, 3.63) is 35.4 Å². The minimum absolute atomic E-state index is 0.0602. The lowest BCUT2D eigenvalue weighted by atomic mass is 10.1. The van der Waals surface area contributed by atoms with Crippen LogP contribution >= 0.6 is 0 Å². The molecule has 0 heterocycles. The predicted octanol–water partition coefficient (Wildman–Crippen LogP) is 2.83. The summed E-state index contributed by atoms with van der Waals surface area (Å²) in [6, 6.07) is 8.03. The smallest absolute Gasteiger partial charge is 0.224 e. The van der Waals surface area contributed by atoms with Gasteiger partial charge in [-0.3, -0.25) is 4.79 Å². The van der Waals surface area contributed by atoms with Gasteiger partial charge < -0.3 is 14.8 Å². The number of amides is 1. The molecule has 0 aromatic heterocycles. The van der Waals surface area contributed by atoms with Gasteiger partial charge in [-0.15, -0.1) is 0 Å². The van der Waals surface area contributed by atoms with Gasteiger partial charge in [0.05, 0.1) is 6.42 Å². The van der Waals surface area contributed by atoms with Gasteiger partial charge in [-0.05, 0) is 32.8 Å². The van der Waals surface area contributed by atoms with Crippen LogP contribution in [0.15, 0.2) is 24.3 Å². The Bertz CT molecular complexity index is 414. The molecule has 0 bridgehead atoms. The van der Waals surface area contributed by atoms with Crippen LogP contribution in [-0.4, -0.2) is 32.0 Å². The number of ether oxygens (including phenoxy) is 2. The van der Waals surface area contributed by atoms with Gasteiger partial charge in [0.25, 0.3) is 0 Å². The van der Waals surface area contributed by atoms with Gasteiger partial charge in [-0.2, -0.15) is 0 Å². The molecule has 0 fully saturated rings. The molecule has 1 aromatic carbocycles. The third kappa shape index (κ3) is 7.83. The lowest BCUT2D eigenvalue weighted by Crippen LogP contribution is -2.27. The summed E-state index contributed by atoms with van der Waals surface area (Å²) in [5.41, 5.74) is 2.23. The first-order valence-electron chi connectivity index (χ1n) is 7.71. The summed E-state index contributed by atoms with van der Waals surface area (Å²) in [6.07, 6.45) is 1.92. The molecule has 0 aliphatic heterocycles. The van der Waals surface area contributed by atoms with E-state index in [1.807, 2.05) is 45.0 Å². The normalized spacial score (nSPS) is 10.9. The number of rotatable bonds is 10. The molecular formula is C17H27NO3. The van der Waals surface area contributed by atoms with Crippen molar-refractivity contribution in [3.63, 3.8) is 0 Å². The Morgan fingerprint density at radius 2 is 1.95 bits per heavy atom. The summed E-state index contributed by atoms with van der Waals surface area (Å²) in [4.78, 5) is 11.8. The quantitative estimate of drug-likeness (QED) is 0.533. The largest absolute Gasteiger partial charge is 0.356 e. The lowest BCUT2D eigenvalue weighted by Gasteiger charge is -2.16. The van der Waals surface area contributed by atoms with E-state index in [1.165, 1.54) is 5.56 Å². The number of hydrogen-bond donors (Lipinski definition) is 1. The molecule has 21 heavy (non-hydrogen) atoms. The van der Waals surface area contributed by atoms with Crippen molar-refractivity contribution >= 4 is 5.91 Å². The molecule has 0 aliphatic carbocycles. The maximum Gasteiger partial charge on any atom is 0.224 e. The molecule has 4 heteroatoms. The first kappa shape index (κ1) is 17.7. The molecule has 0 spiro atoms. The zero-order valence-corrected chi connectivity index (χ0v) is 13.4. The number of carbonyl (C=O) groups excluding carboxylic acids is 1. The first-order valence-corrected chi connectivity index (χ1v) is 7.71. The van der Waals surface area contributed by atoms with Crippen molar-refractivity contribution in [1.82, 2.24) is 5.32 Å². The molecule has 1 aromatic rings. The second-order valence-electron chi connectivity index (χ2n) is 5.00. The molecule has 0 aliphatic rings. The topological polar surface area (TPSA) is 47.6 Å². The molecule has 1 amide bonds. The molecular weight excluding hydrogens is 266 g/mol. The summed E-state index contributed by atoms with van der Waals surface area (Å²) in [6.45, 7) is 7.88. The number of nitrogens with one attached hydrogen (secondary N) is 1. The number of hydrogen-bond acceptors (Lipinski definition) is 3. The van der Waals surface area contributed by atoms with Crippen molar-refractivity contribution in [2.75, 3.05) is 19.8 Å². The van der Waals surface area contributed by atoms with E-state index in [2.05, 4.69) is 5.32 Å². The fourth-order valence-electron chi connectivity index (χ4n) is 2.15. The second-order valence-corrected chi connectivity index (χ2v) is 5.00. The monoisotopic (exact) mass is 293 g/mol. The molecule has 0 saturated carbocycles. The van der Waals surface area contributed by atoms with Crippen molar-refractivity contribution in [2.45, 2.75) is 46.3 Å². The summed E-state index contributed by atoms with van der Waals surface area (Å²) in [5, 5.41) is 2.94. The molecule has 118 valence electrons. The van der Waals surface area contributed by atoms with Crippen LogP contribution < -0.4 is 5.32 Å². The van der Waals surface area contributed by atoms with Crippen LogP contribution in [0.4, 0.5) is 0 Å². The van der Waals surface area contributed by atoms with Gasteiger partial charge in [0.15, 0.2) is 6.29 Å². The fourth-order valence-corrected chi connectivity index (χ4v) is 2.15. The number of benzene rings is 1. The predicted molar refractivity (Wildman–Crippen MR) is 84.2 cm³/mol. The molecule has 0 unspecified atom stereocenters. The fraction of sp³-hybridized carbons (Fsp3) is 0.588. The highest BCUT2D eigenvalue weighted by atomic mass is 16.7. The minimum atomic E-state index is -0.159. The van der Waals surface area contributed by atoms with Crippen LogP contribution in [-0.2, 0) is 20.7 Å². The third-order valence-electron chi connectivity index (χ3n) is 3.09. The Balaban J connectivity index is 2.21. The number of aryl methyl sites for hydroxylation is 1. The third-order valence-corrected chi connectivity index (χ3v) is 3.09. The van der Waals surface area contributed by atoms with Crippen LogP contribution in [0.1, 0.15) is 37.8 Å². The van der Waals surface area contributed by atoms with Crippen LogP contribution in [0.25, 0.3) is 0 Å². The Morgan fingerprint density at radius 3 is 2.57 bits per heavy atom. The van der Waals surface area contributed by atoms with Gasteiger partial charge in [0.2, 0.25) is 5.91 Å². The van der Waals surface area contributed by atoms with E-state index in [1.54, 1.807) is 0 Å². The summed E-state index contributed by atoms with van der Waals surface area (Å²) < 4.78 is 10.9. The highest BCUT2D eigenvalue weighted by molar-refractivity contribution is 5.78. The van der Waals surface area contributed by atoms with Crippen LogP contribution in [0.2, 0.25) is 0 Å². The first-order chi connectivity index (χ1) is 10.2. The average Bonchev–Trinajstić information content (AvgIpc) is 2.44. The van der Waals surface area contributed by atoms with Gasteiger partial charge in [0, 0.05) is 26.2 Å². The maximum absolute atomic E-state index is 11.8. The van der Waals surface area contributed by atoms with Crippen molar-refractivity contribution in [2.24, 2.45) is 0 Å². The Morgan fingerprint density at radius 1 is 1.24 bits per heavy atom. The lowest BCUT2D eigenvalue weighted by molar-refractivity contribution is -0.140. The van der Waals surface area contributed by atoms with E-state index >= 15 is 0 Å². The van der Waals surface area contributed by atoms with E-state index in [0.29, 0.717) is 26.2 Å². The zero-order valence-electron chi connectivity index (χ0n) is 13.4.